The number of sulfone groups is 1. The number of hydrogen-bond acceptors (Lipinski definition) is 3. The molecule has 0 amide bonds. The molecule has 1 aromatic carbocycles. The summed E-state index contributed by atoms with van der Waals surface area (Å²) < 4.78 is 34.7. The van der Waals surface area contributed by atoms with Gasteiger partial charge >= 0.3 is 0 Å². The van der Waals surface area contributed by atoms with Crippen LogP contribution in [-0.4, -0.2) is 27.0 Å². The van der Waals surface area contributed by atoms with E-state index >= 15 is 0 Å². The van der Waals surface area contributed by atoms with Crippen LogP contribution in [0.3, 0.4) is 0 Å². The Morgan fingerprint density at radius 1 is 1.35 bits per heavy atom. The molecule has 0 bridgehead atoms. The van der Waals surface area contributed by atoms with Gasteiger partial charge in [-0.25, -0.2) is 12.8 Å². The number of rotatable bonds is 6. The molecule has 17 heavy (non-hydrogen) atoms. The van der Waals surface area contributed by atoms with Crippen molar-refractivity contribution in [2.24, 2.45) is 0 Å². The summed E-state index contributed by atoms with van der Waals surface area (Å²) in [6.45, 7) is 3.00. The second-order valence-corrected chi connectivity index (χ2v) is 6.50. The van der Waals surface area contributed by atoms with Crippen LogP contribution in [0.15, 0.2) is 18.2 Å². The highest BCUT2D eigenvalue weighted by Gasteiger charge is 2.01. The Bertz CT molecular complexity index is 471. The first-order valence-electron chi connectivity index (χ1n) is 5.52. The molecule has 0 radical (unpaired) electrons. The molecule has 0 aliphatic rings. The molecule has 0 unspecified atom stereocenters. The Labute approximate surface area is 102 Å². The highest BCUT2D eigenvalue weighted by atomic mass is 32.2. The first kappa shape index (κ1) is 14.1. The van der Waals surface area contributed by atoms with Crippen LogP contribution in [-0.2, 0) is 16.4 Å². The zero-order chi connectivity index (χ0) is 12.9. The predicted octanol–water partition coefficient (Wildman–Crippen LogP) is 1.66. The van der Waals surface area contributed by atoms with E-state index in [2.05, 4.69) is 5.32 Å². The topological polar surface area (TPSA) is 46.2 Å². The molecule has 1 N–H and O–H groups in total. The van der Waals surface area contributed by atoms with Crippen molar-refractivity contribution in [2.45, 2.75) is 19.9 Å². The fourth-order valence-corrected chi connectivity index (χ4v) is 2.18. The van der Waals surface area contributed by atoms with Crippen LogP contribution in [0.1, 0.15) is 17.5 Å². The Kier molecular flexibility index (Phi) is 5.08. The van der Waals surface area contributed by atoms with Crippen LogP contribution in [0.4, 0.5) is 4.39 Å². The van der Waals surface area contributed by atoms with Crippen molar-refractivity contribution in [1.82, 2.24) is 5.32 Å². The third-order valence-electron chi connectivity index (χ3n) is 2.42. The minimum absolute atomic E-state index is 0.197. The lowest BCUT2D eigenvalue weighted by Crippen LogP contribution is -2.17. The molecule has 1 aromatic rings. The van der Waals surface area contributed by atoms with Crippen molar-refractivity contribution in [2.75, 3.05) is 18.6 Å². The van der Waals surface area contributed by atoms with E-state index in [1.807, 2.05) is 0 Å². The van der Waals surface area contributed by atoms with Gasteiger partial charge in [0.25, 0.3) is 0 Å². The summed E-state index contributed by atoms with van der Waals surface area (Å²) in [6, 6.07) is 4.97. The monoisotopic (exact) mass is 259 g/mol. The molecule has 0 spiro atoms. The standard InChI is InChI=1S/C12H18FNO2S/c1-10-8-11(4-5-12(10)13)9-14-6-3-7-17(2,15)16/h4-5,8,14H,3,6-7,9H2,1-2H3. The first-order valence-corrected chi connectivity index (χ1v) is 7.58. The van der Waals surface area contributed by atoms with Crippen molar-refractivity contribution in [3.8, 4) is 0 Å². The number of halogens is 1. The first-order chi connectivity index (χ1) is 7.88. The quantitative estimate of drug-likeness (QED) is 0.790. The molecule has 0 atom stereocenters. The molecule has 0 saturated heterocycles. The number of hydrogen-bond donors (Lipinski definition) is 1. The van der Waals surface area contributed by atoms with Gasteiger partial charge in [-0.3, -0.25) is 0 Å². The van der Waals surface area contributed by atoms with Crippen LogP contribution >= 0.6 is 0 Å². The largest absolute Gasteiger partial charge is 0.313 e. The van der Waals surface area contributed by atoms with Gasteiger partial charge in [0.2, 0.25) is 0 Å². The molecular weight excluding hydrogens is 241 g/mol. The highest BCUT2D eigenvalue weighted by Crippen LogP contribution is 2.08. The van der Waals surface area contributed by atoms with E-state index in [4.69, 9.17) is 0 Å². The molecule has 0 aromatic heterocycles. The van der Waals surface area contributed by atoms with Gasteiger partial charge in [0, 0.05) is 12.8 Å². The summed E-state index contributed by atoms with van der Waals surface area (Å²) in [7, 11) is -2.87. The van der Waals surface area contributed by atoms with Gasteiger partial charge < -0.3 is 5.32 Å². The molecule has 0 saturated carbocycles. The molecular formula is C12H18FNO2S. The number of aryl methyl sites for hydroxylation is 1. The zero-order valence-electron chi connectivity index (χ0n) is 10.2. The highest BCUT2D eigenvalue weighted by molar-refractivity contribution is 7.90. The normalized spacial score (nSPS) is 11.7. The molecule has 0 aliphatic carbocycles. The van der Waals surface area contributed by atoms with Crippen molar-refractivity contribution >= 4 is 9.84 Å². The van der Waals surface area contributed by atoms with Crippen LogP contribution in [0.2, 0.25) is 0 Å². The minimum Gasteiger partial charge on any atom is -0.313 e. The van der Waals surface area contributed by atoms with Gasteiger partial charge in [0.15, 0.2) is 0 Å². The average Bonchev–Trinajstić information content (AvgIpc) is 2.21. The van der Waals surface area contributed by atoms with Gasteiger partial charge in [-0.2, -0.15) is 0 Å². The molecule has 0 aliphatic heterocycles. The van der Waals surface area contributed by atoms with E-state index in [9.17, 15) is 12.8 Å². The van der Waals surface area contributed by atoms with Crippen molar-refractivity contribution in [3.63, 3.8) is 0 Å². The maximum Gasteiger partial charge on any atom is 0.147 e. The summed E-state index contributed by atoms with van der Waals surface area (Å²) in [6.07, 6.45) is 1.83. The van der Waals surface area contributed by atoms with E-state index in [-0.39, 0.29) is 11.6 Å². The third-order valence-corrected chi connectivity index (χ3v) is 3.45. The number of benzene rings is 1. The van der Waals surface area contributed by atoms with Crippen LogP contribution in [0.25, 0.3) is 0 Å². The Hall–Kier alpha value is -0.940. The lowest BCUT2D eigenvalue weighted by molar-refractivity contribution is 0.593. The smallest absolute Gasteiger partial charge is 0.147 e. The average molecular weight is 259 g/mol. The summed E-state index contributed by atoms with van der Waals surface area (Å²) >= 11 is 0. The summed E-state index contributed by atoms with van der Waals surface area (Å²) in [5.41, 5.74) is 1.63. The third kappa shape index (κ3) is 5.79. The van der Waals surface area contributed by atoms with Gasteiger partial charge in [0.1, 0.15) is 15.7 Å². The Balaban J connectivity index is 2.29. The van der Waals surface area contributed by atoms with Crippen molar-refractivity contribution in [3.05, 3.63) is 35.1 Å². The molecule has 0 fully saturated rings. The molecule has 5 heteroatoms. The van der Waals surface area contributed by atoms with Gasteiger partial charge in [-0.1, -0.05) is 12.1 Å². The van der Waals surface area contributed by atoms with E-state index in [1.54, 1.807) is 19.1 Å². The summed E-state index contributed by atoms with van der Waals surface area (Å²) in [5.74, 6) is -0.00607. The fourth-order valence-electron chi connectivity index (χ4n) is 1.51. The fraction of sp³-hybridized carbons (Fsp3) is 0.500. The molecule has 3 nitrogen and oxygen atoms in total. The lowest BCUT2D eigenvalue weighted by atomic mass is 10.1. The van der Waals surface area contributed by atoms with E-state index < -0.39 is 9.84 Å². The summed E-state index contributed by atoms with van der Waals surface area (Å²) in [5, 5.41) is 3.13. The van der Waals surface area contributed by atoms with Gasteiger partial charge in [-0.05, 0) is 37.1 Å². The Morgan fingerprint density at radius 2 is 2.06 bits per heavy atom. The van der Waals surface area contributed by atoms with Crippen LogP contribution in [0, 0.1) is 12.7 Å². The van der Waals surface area contributed by atoms with Crippen LogP contribution < -0.4 is 5.32 Å². The summed E-state index contributed by atoms with van der Waals surface area (Å²) in [4.78, 5) is 0. The molecule has 0 heterocycles. The maximum atomic E-state index is 13.0. The second-order valence-electron chi connectivity index (χ2n) is 4.24. The lowest BCUT2D eigenvalue weighted by Gasteiger charge is -2.05. The predicted molar refractivity (Wildman–Crippen MR) is 67.2 cm³/mol. The van der Waals surface area contributed by atoms with Gasteiger partial charge in [0.05, 0.1) is 5.75 Å². The Morgan fingerprint density at radius 3 is 2.65 bits per heavy atom. The number of nitrogens with one attached hydrogen (secondary N) is 1. The van der Waals surface area contributed by atoms with Crippen LogP contribution in [0.5, 0.6) is 0 Å². The van der Waals surface area contributed by atoms with Gasteiger partial charge in [-0.15, -0.1) is 0 Å². The zero-order valence-corrected chi connectivity index (χ0v) is 11.0. The second kappa shape index (κ2) is 6.12. The van der Waals surface area contributed by atoms with E-state index in [1.165, 1.54) is 12.3 Å². The minimum atomic E-state index is -2.87. The van der Waals surface area contributed by atoms with Crippen molar-refractivity contribution in [1.29, 1.82) is 0 Å². The van der Waals surface area contributed by atoms with E-state index in [0.717, 1.165) is 5.56 Å². The molecule has 1 rings (SSSR count). The molecule has 96 valence electrons. The SMILES string of the molecule is Cc1cc(CNCCCS(C)(=O)=O)ccc1F. The van der Waals surface area contributed by atoms with E-state index in [0.29, 0.717) is 25.1 Å². The maximum absolute atomic E-state index is 13.0. The van der Waals surface area contributed by atoms with Crippen molar-refractivity contribution < 1.29 is 12.8 Å².